The van der Waals surface area contributed by atoms with Crippen molar-refractivity contribution in [2.75, 3.05) is 18.1 Å². The van der Waals surface area contributed by atoms with Gasteiger partial charge in [0.15, 0.2) is 6.61 Å². The minimum absolute atomic E-state index is 0.000806. The number of carbonyl (C=O) groups excluding carboxylic acids is 1. The Kier molecular flexibility index (Phi) is 5.55. The molecule has 2 rings (SSSR count). The van der Waals surface area contributed by atoms with Crippen LogP contribution in [-0.2, 0) is 11.3 Å². The van der Waals surface area contributed by atoms with E-state index in [1.165, 1.54) is 0 Å². The number of amides is 1. The zero-order chi connectivity index (χ0) is 15.9. The molecule has 2 aromatic rings. The quantitative estimate of drug-likeness (QED) is 0.892. The number of anilines is 1. The summed E-state index contributed by atoms with van der Waals surface area (Å²) in [5.74, 6) is 0.600. The molecule has 0 aliphatic carbocycles. The zero-order valence-corrected chi connectivity index (χ0v) is 13.1. The number of para-hydroxylation sites is 2. The van der Waals surface area contributed by atoms with Crippen molar-refractivity contribution in [3.05, 3.63) is 59.7 Å². The van der Waals surface area contributed by atoms with Crippen LogP contribution in [0.5, 0.6) is 5.75 Å². The summed E-state index contributed by atoms with van der Waals surface area (Å²) < 4.78 is 5.66. The smallest absolute Gasteiger partial charge is 0.264 e. The van der Waals surface area contributed by atoms with Crippen molar-refractivity contribution in [2.24, 2.45) is 5.73 Å². The monoisotopic (exact) mass is 298 g/mol. The average Bonchev–Trinajstić information content (AvgIpc) is 2.55. The number of benzene rings is 2. The van der Waals surface area contributed by atoms with E-state index in [-0.39, 0.29) is 12.5 Å². The number of nitrogens with zero attached hydrogens (tertiary/aromatic N) is 1. The van der Waals surface area contributed by atoms with E-state index in [0.717, 1.165) is 16.8 Å². The molecule has 0 aliphatic heterocycles. The molecule has 0 aliphatic rings. The van der Waals surface area contributed by atoms with Crippen molar-refractivity contribution in [3.63, 3.8) is 0 Å². The number of nitrogens with two attached hydrogens (primary N) is 1. The Labute approximate surface area is 131 Å². The maximum Gasteiger partial charge on any atom is 0.264 e. The van der Waals surface area contributed by atoms with Crippen LogP contribution in [-0.4, -0.2) is 19.1 Å². The van der Waals surface area contributed by atoms with Crippen molar-refractivity contribution >= 4 is 11.6 Å². The molecule has 0 aromatic heterocycles. The summed E-state index contributed by atoms with van der Waals surface area (Å²) in [5, 5.41) is 0. The van der Waals surface area contributed by atoms with Crippen molar-refractivity contribution in [1.29, 1.82) is 0 Å². The number of rotatable bonds is 6. The van der Waals surface area contributed by atoms with E-state index in [1.807, 2.05) is 62.4 Å². The maximum atomic E-state index is 12.5. The van der Waals surface area contributed by atoms with E-state index >= 15 is 0 Å². The lowest BCUT2D eigenvalue weighted by molar-refractivity contribution is -0.120. The summed E-state index contributed by atoms with van der Waals surface area (Å²) in [6.45, 7) is 4.94. The van der Waals surface area contributed by atoms with Gasteiger partial charge in [0.25, 0.3) is 5.91 Å². The van der Waals surface area contributed by atoms with Crippen LogP contribution in [0.3, 0.4) is 0 Å². The van der Waals surface area contributed by atoms with Gasteiger partial charge in [0.2, 0.25) is 0 Å². The third-order valence-corrected chi connectivity index (χ3v) is 3.57. The highest BCUT2D eigenvalue weighted by Gasteiger charge is 2.16. The third kappa shape index (κ3) is 3.65. The number of aryl methyl sites for hydroxylation is 1. The Bertz CT molecular complexity index is 640. The standard InChI is InChI=1S/C18H22N2O2/c1-3-20(16-10-6-4-8-14(16)2)18(21)13-22-17-11-7-5-9-15(17)12-19/h4-11H,3,12-13,19H2,1-2H3. The first-order valence-electron chi connectivity index (χ1n) is 7.44. The van der Waals surface area contributed by atoms with Crippen LogP contribution in [0.25, 0.3) is 0 Å². The first-order valence-corrected chi connectivity index (χ1v) is 7.44. The number of ether oxygens (including phenoxy) is 1. The highest BCUT2D eigenvalue weighted by atomic mass is 16.5. The molecule has 4 heteroatoms. The van der Waals surface area contributed by atoms with Crippen LogP contribution in [0.1, 0.15) is 18.1 Å². The molecular formula is C18H22N2O2. The second-order valence-corrected chi connectivity index (χ2v) is 5.03. The van der Waals surface area contributed by atoms with Crippen molar-refractivity contribution < 1.29 is 9.53 Å². The summed E-state index contributed by atoms with van der Waals surface area (Å²) in [6.07, 6.45) is 0. The molecule has 116 valence electrons. The number of likely N-dealkylation sites (N-methyl/N-ethyl adjacent to an activating group) is 1. The number of hydrogen-bond donors (Lipinski definition) is 1. The highest BCUT2D eigenvalue weighted by molar-refractivity contribution is 5.95. The van der Waals surface area contributed by atoms with Crippen LogP contribution < -0.4 is 15.4 Å². The van der Waals surface area contributed by atoms with Gasteiger partial charge in [-0.3, -0.25) is 4.79 Å². The van der Waals surface area contributed by atoms with Gasteiger partial charge in [-0.2, -0.15) is 0 Å². The fraction of sp³-hybridized carbons (Fsp3) is 0.278. The highest BCUT2D eigenvalue weighted by Crippen LogP contribution is 2.21. The Morgan fingerprint density at radius 2 is 1.82 bits per heavy atom. The molecule has 1 amide bonds. The minimum Gasteiger partial charge on any atom is -0.483 e. The number of hydrogen-bond acceptors (Lipinski definition) is 3. The predicted octanol–water partition coefficient (Wildman–Crippen LogP) is 2.89. The van der Waals surface area contributed by atoms with E-state index in [4.69, 9.17) is 10.5 Å². The van der Waals surface area contributed by atoms with Gasteiger partial charge < -0.3 is 15.4 Å². The molecule has 0 bridgehead atoms. The largest absolute Gasteiger partial charge is 0.483 e. The van der Waals surface area contributed by atoms with Crippen LogP contribution in [0, 0.1) is 6.92 Å². The van der Waals surface area contributed by atoms with Crippen LogP contribution in [0.2, 0.25) is 0 Å². The molecule has 0 unspecified atom stereocenters. The Morgan fingerprint density at radius 3 is 2.50 bits per heavy atom. The van der Waals surface area contributed by atoms with E-state index in [1.54, 1.807) is 4.90 Å². The van der Waals surface area contributed by atoms with Crippen molar-refractivity contribution in [2.45, 2.75) is 20.4 Å². The fourth-order valence-electron chi connectivity index (χ4n) is 2.38. The first kappa shape index (κ1) is 16.0. The molecule has 0 spiro atoms. The van der Waals surface area contributed by atoms with E-state index in [2.05, 4.69) is 0 Å². The molecule has 0 radical (unpaired) electrons. The van der Waals surface area contributed by atoms with Gasteiger partial charge in [0.05, 0.1) is 0 Å². The summed E-state index contributed by atoms with van der Waals surface area (Å²) in [5.41, 5.74) is 8.57. The first-order chi connectivity index (χ1) is 10.7. The van der Waals surface area contributed by atoms with Gasteiger partial charge in [-0.05, 0) is 31.5 Å². The van der Waals surface area contributed by atoms with Crippen LogP contribution in [0.4, 0.5) is 5.69 Å². The SMILES string of the molecule is CCN(C(=O)COc1ccccc1CN)c1ccccc1C. The summed E-state index contributed by atoms with van der Waals surface area (Å²) in [6, 6.07) is 15.4. The lowest BCUT2D eigenvalue weighted by atomic mass is 10.2. The summed E-state index contributed by atoms with van der Waals surface area (Å²) in [4.78, 5) is 14.2. The maximum absolute atomic E-state index is 12.5. The predicted molar refractivity (Wildman–Crippen MR) is 89.0 cm³/mol. The molecule has 0 heterocycles. The molecule has 22 heavy (non-hydrogen) atoms. The summed E-state index contributed by atoms with van der Waals surface area (Å²) >= 11 is 0. The minimum atomic E-state index is -0.0661. The Morgan fingerprint density at radius 1 is 1.14 bits per heavy atom. The normalized spacial score (nSPS) is 10.3. The number of carbonyl (C=O) groups is 1. The van der Waals surface area contributed by atoms with Crippen molar-refractivity contribution in [3.8, 4) is 5.75 Å². The average molecular weight is 298 g/mol. The molecule has 0 saturated heterocycles. The Hall–Kier alpha value is -2.33. The van der Waals surface area contributed by atoms with Gasteiger partial charge in [-0.15, -0.1) is 0 Å². The molecule has 0 fully saturated rings. The van der Waals surface area contributed by atoms with Gasteiger partial charge >= 0.3 is 0 Å². The molecule has 2 N–H and O–H groups in total. The molecular weight excluding hydrogens is 276 g/mol. The third-order valence-electron chi connectivity index (χ3n) is 3.57. The van der Waals surface area contributed by atoms with E-state index < -0.39 is 0 Å². The second kappa shape index (κ2) is 7.61. The second-order valence-electron chi connectivity index (χ2n) is 5.03. The van der Waals surface area contributed by atoms with E-state index in [0.29, 0.717) is 18.8 Å². The van der Waals surface area contributed by atoms with Crippen LogP contribution in [0.15, 0.2) is 48.5 Å². The lowest BCUT2D eigenvalue weighted by Gasteiger charge is -2.23. The molecule has 0 saturated carbocycles. The van der Waals surface area contributed by atoms with Gasteiger partial charge in [-0.25, -0.2) is 0 Å². The van der Waals surface area contributed by atoms with Crippen molar-refractivity contribution in [1.82, 2.24) is 0 Å². The van der Waals surface area contributed by atoms with Gasteiger partial charge in [0, 0.05) is 24.3 Å². The topological polar surface area (TPSA) is 55.6 Å². The summed E-state index contributed by atoms with van der Waals surface area (Å²) in [7, 11) is 0. The van der Waals surface area contributed by atoms with Gasteiger partial charge in [0.1, 0.15) is 5.75 Å². The molecule has 4 nitrogen and oxygen atoms in total. The Balaban J connectivity index is 2.09. The lowest BCUT2D eigenvalue weighted by Crippen LogP contribution is -2.35. The van der Waals surface area contributed by atoms with Gasteiger partial charge in [-0.1, -0.05) is 36.4 Å². The molecule has 2 aromatic carbocycles. The zero-order valence-electron chi connectivity index (χ0n) is 13.1. The van der Waals surface area contributed by atoms with E-state index in [9.17, 15) is 4.79 Å². The molecule has 0 atom stereocenters. The van der Waals surface area contributed by atoms with Crippen LogP contribution >= 0.6 is 0 Å². The fourth-order valence-corrected chi connectivity index (χ4v) is 2.38.